The van der Waals surface area contributed by atoms with Gasteiger partial charge in [0.2, 0.25) is 5.91 Å². The molecule has 1 amide bonds. The van der Waals surface area contributed by atoms with E-state index in [1.165, 1.54) is 11.8 Å². The molecule has 20 heavy (non-hydrogen) atoms. The number of rotatable bonds is 4. The number of benzene rings is 1. The minimum Gasteiger partial charge on any atom is -0.409 e. The summed E-state index contributed by atoms with van der Waals surface area (Å²) < 4.78 is 0. The van der Waals surface area contributed by atoms with Crippen molar-refractivity contribution in [3.8, 4) is 0 Å². The molecular formula is C14H19N3O2S. The molecule has 6 heteroatoms. The van der Waals surface area contributed by atoms with Gasteiger partial charge in [0.15, 0.2) is 5.84 Å². The molecule has 0 spiro atoms. The fourth-order valence-corrected chi connectivity index (χ4v) is 3.15. The topological polar surface area (TPSA) is 78.9 Å². The third-order valence-electron chi connectivity index (χ3n) is 3.39. The molecule has 0 saturated carbocycles. The van der Waals surface area contributed by atoms with Gasteiger partial charge < -0.3 is 15.8 Å². The van der Waals surface area contributed by atoms with Crippen LogP contribution in [0.3, 0.4) is 0 Å². The zero-order chi connectivity index (χ0) is 14.4. The number of amides is 1. The number of hydrogen-bond donors (Lipinski definition) is 2. The molecule has 108 valence electrons. The Balaban J connectivity index is 1.96. The van der Waals surface area contributed by atoms with Gasteiger partial charge in [0.25, 0.3) is 0 Å². The summed E-state index contributed by atoms with van der Waals surface area (Å²) in [5, 5.41) is 11.9. The Morgan fingerprint density at radius 2 is 2.15 bits per heavy atom. The van der Waals surface area contributed by atoms with Crippen molar-refractivity contribution in [3.63, 3.8) is 0 Å². The second-order valence-electron chi connectivity index (χ2n) is 4.73. The van der Waals surface area contributed by atoms with Crippen LogP contribution in [-0.4, -0.2) is 40.2 Å². The summed E-state index contributed by atoms with van der Waals surface area (Å²) in [6, 6.07) is 9.55. The number of carbonyl (C=O) groups is 1. The normalized spacial score (nSPS) is 19.9. The molecule has 1 atom stereocenters. The van der Waals surface area contributed by atoms with Gasteiger partial charge in [-0.1, -0.05) is 23.4 Å². The van der Waals surface area contributed by atoms with Gasteiger partial charge >= 0.3 is 0 Å². The Bertz CT molecular complexity index is 479. The number of likely N-dealkylation sites (tertiary alicyclic amines) is 1. The summed E-state index contributed by atoms with van der Waals surface area (Å²) in [7, 11) is 0. The smallest absolute Gasteiger partial charge is 0.233 e. The summed E-state index contributed by atoms with van der Waals surface area (Å²) in [5.41, 5.74) is 5.68. The molecule has 1 aliphatic heterocycles. The number of hydrogen-bond acceptors (Lipinski definition) is 4. The summed E-state index contributed by atoms with van der Waals surface area (Å²) in [6.07, 6.45) is 2.73. The third-order valence-corrected chi connectivity index (χ3v) is 4.38. The molecule has 5 nitrogen and oxygen atoms in total. The minimum atomic E-state index is -0.266. The van der Waals surface area contributed by atoms with E-state index in [4.69, 9.17) is 10.9 Å². The van der Waals surface area contributed by atoms with Crippen LogP contribution in [0.4, 0.5) is 0 Å². The van der Waals surface area contributed by atoms with Crippen LogP contribution in [0.5, 0.6) is 0 Å². The van der Waals surface area contributed by atoms with Crippen molar-refractivity contribution < 1.29 is 10.0 Å². The van der Waals surface area contributed by atoms with E-state index in [1.807, 2.05) is 30.3 Å². The first-order valence-electron chi connectivity index (χ1n) is 6.67. The van der Waals surface area contributed by atoms with Crippen LogP contribution in [0.15, 0.2) is 40.4 Å². The van der Waals surface area contributed by atoms with E-state index in [1.54, 1.807) is 4.90 Å². The van der Waals surface area contributed by atoms with E-state index >= 15 is 0 Å². The average Bonchev–Trinajstić information content (AvgIpc) is 2.52. The van der Waals surface area contributed by atoms with E-state index in [-0.39, 0.29) is 17.8 Å². The van der Waals surface area contributed by atoms with Crippen LogP contribution in [-0.2, 0) is 4.79 Å². The van der Waals surface area contributed by atoms with Crippen LogP contribution in [0.1, 0.15) is 19.3 Å². The van der Waals surface area contributed by atoms with Crippen molar-refractivity contribution in [2.75, 3.05) is 12.3 Å². The monoisotopic (exact) mass is 293 g/mol. The maximum Gasteiger partial charge on any atom is 0.233 e. The van der Waals surface area contributed by atoms with Gasteiger partial charge in [-0.3, -0.25) is 4.79 Å². The quantitative estimate of drug-likeness (QED) is 0.292. The highest BCUT2D eigenvalue weighted by Crippen LogP contribution is 2.21. The highest BCUT2D eigenvalue weighted by molar-refractivity contribution is 8.00. The lowest BCUT2D eigenvalue weighted by Crippen LogP contribution is -2.51. The second-order valence-corrected chi connectivity index (χ2v) is 5.77. The predicted molar refractivity (Wildman–Crippen MR) is 79.9 cm³/mol. The molecule has 1 aliphatic rings. The lowest BCUT2D eigenvalue weighted by atomic mass is 10.0. The SMILES string of the molecule is NC(=NO)C1CCCCN1C(=O)CSc1ccccc1. The molecule has 1 saturated heterocycles. The maximum absolute atomic E-state index is 12.3. The molecule has 1 aromatic rings. The molecule has 0 aliphatic carbocycles. The molecule has 1 fully saturated rings. The van der Waals surface area contributed by atoms with Crippen molar-refractivity contribution in [2.45, 2.75) is 30.2 Å². The van der Waals surface area contributed by atoms with E-state index < -0.39 is 0 Å². The molecule has 1 aromatic carbocycles. The minimum absolute atomic E-state index is 0.0372. The van der Waals surface area contributed by atoms with E-state index in [9.17, 15) is 4.79 Å². The van der Waals surface area contributed by atoms with Crippen molar-refractivity contribution in [1.29, 1.82) is 0 Å². The van der Waals surface area contributed by atoms with E-state index in [2.05, 4.69) is 5.16 Å². The summed E-state index contributed by atoms with van der Waals surface area (Å²) in [5.74, 6) is 0.539. The predicted octanol–water partition coefficient (Wildman–Crippen LogP) is 1.91. The molecule has 0 radical (unpaired) electrons. The fraction of sp³-hybridized carbons (Fsp3) is 0.429. The molecule has 0 bridgehead atoms. The van der Waals surface area contributed by atoms with E-state index in [0.29, 0.717) is 12.3 Å². The number of thioether (sulfide) groups is 1. The standard InChI is InChI=1S/C14H19N3O2S/c15-14(16-19)12-8-4-5-9-17(12)13(18)10-20-11-6-2-1-3-7-11/h1-3,6-7,12,19H,4-5,8-10H2,(H2,15,16). The first-order valence-corrected chi connectivity index (χ1v) is 7.65. The Morgan fingerprint density at radius 1 is 1.40 bits per heavy atom. The Hall–Kier alpha value is -1.69. The number of nitrogens with two attached hydrogens (primary N) is 1. The Morgan fingerprint density at radius 3 is 2.85 bits per heavy atom. The number of oxime groups is 1. The van der Waals surface area contributed by atoms with Crippen molar-refractivity contribution in [2.24, 2.45) is 10.9 Å². The molecule has 3 N–H and O–H groups in total. The first kappa shape index (κ1) is 14.7. The summed E-state index contributed by atoms with van der Waals surface area (Å²) in [4.78, 5) is 15.1. The van der Waals surface area contributed by atoms with Crippen LogP contribution in [0.25, 0.3) is 0 Å². The number of nitrogens with zero attached hydrogens (tertiary/aromatic N) is 2. The highest BCUT2D eigenvalue weighted by atomic mass is 32.2. The molecule has 2 rings (SSSR count). The molecule has 1 unspecified atom stereocenters. The fourth-order valence-electron chi connectivity index (χ4n) is 2.35. The van der Waals surface area contributed by atoms with Gasteiger partial charge in [0.05, 0.1) is 11.8 Å². The van der Waals surface area contributed by atoms with Crippen molar-refractivity contribution in [1.82, 2.24) is 4.90 Å². The summed E-state index contributed by atoms with van der Waals surface area (Å²) in [6.45, 7) is 0.676. The number of carbonyl (C=O) groups excluding carboxylic acids is 1. The lowest BCUT2D eigenvalue weighted by Gasteiger charge is -2.34. The zero-order valence-electron chi connectivity index (χ0n) is 11.2. The van der Waals surface area contributed by atoms with Crippen LogP contribution < -0.4 is 5.73 Å². The Kier molecular flexibility index (Phi) is 5.29. The van der Waals surface area contributed by atoms with E-state index in [0.717, 1.165) is 24.2 Å². The van der Waals surface area contributed by atoms with Crippen LogP contribution in [0, 0.1) is 0 Å². The molecule has 1 heterocycles. The third kappa shape index (κ3) is 3.66. The van der Waals surface area contributed by atoms with Gasteiger partial charge in [-0.15, -0.1) is 11.8 Å². The molecule has 0 aromatic heterocycles. The number of piperidine rings is 1. The average molecular weight is 293 g/mol. The zero-order valence-corrected chi connectivity index (χ0v) is 12.1. The van der Waals surface area contributed by atoms with Gasteiger partial charge in [-0.05, 0) is 31.4 Å². The number of amidine groups is 1. The molecular weight excluding hydrogens is 274 g/mol. The van der Waals surface area contributed by atoms with Crippen molar-refractivity contribution >= 4 is 23.5 Å². The van der Waals surface area contributed by atoms with Gasteiger partial charge in [-0.25, -0.2) is 0 Å². The Labute approximate surface area is 122 Å². The lowest BCUT2D eigenvalue weighted by molar-refractivity contribution is -0.130. The maximum atomic E-state index is 12.3. The van der Waals surface area contributed by atoms with Gasteiger partial charge in [0.1, 0.15) is 0 Å². The largest absolute Gasteiger partial charge is 0.409 e. The second kappa shape index (κ2) is 7.19. The van der Waals surface area contributed by atoms with Crippen LogP contribution in [0.2, 0.25) is 0 Å². The van der Waals surface area contributed by atoms with Crippen molar-refractivity contribution in [3.05, 3.63) is 30.3 Å². The first-order chi connectivity index (χ1) is 9.72. The summed E-state index contributed by atoms with van der Waals surface area (Å²) >= 11 is 1.51. The van der Waals surface area contributed by atoms with Gasteiger partial charge in [-0.2, -0.15) is 0 Å². The highest BCUT2D eigenvalue weighted by Gasteiger charge is 2.29. The van der Waals surface area contributed by atoms with Gasteiger partial charge in [0, 0.05) is 11.4 Å². The van der Waals surface area contributed by atoms with Crippen LogP contribution >= 0.6 is 11.8 Å².